The number of benzene rings is 1. The number of rotatable bonds is 5. The van der Waals surface area contributed by atoms with Crippen LogP contribution in [0.1, 0.15) is 37.0 Å². The van der Waals surface area contributed by atoms with Crippen LogP contribution in [0.25, 0.3) is 6.08 Å². The van der Waals surface area contributed by atoms with Crippen LogP contribution in [0.5, 0.6) is 0 Å². The SMILES string of the molecule is O=C(/C=C\c1ccc(Br)cc1)N(Cc1ccco1)C1CCCC1. The minimum atomic E-state index is 0.0521. The molecule has 0 radical (unpaired) electrons. The maximum Gasteiger partial charge on any atom is 0.247 e. The molecule has 3 nitrogen and oxygen atoms in total. The highest BCUT2D eigenvalue weighted by atomic mass is 79.9. The molecule has 0 bridgehead atoms. The Morgan fingerprint density at radius 1 is 1.22 bits per heavy atom. The first kappa shape index (κ1) is 16.1. The van der Waals surface area contributed by atoms with Crippen LogP contribution in [0.2, 0.25) is 0 Å². The molecule has 1 amide bonds. The molecule has 1 aromatic heterocycles. The molecule has 0 atom stereocenters. The zero-order valence-corrected chi connectivity index (χ0v) is 14.5. The van der Waals surface area contributed by atoms with E-state index in [2.05, 4.69) is 15.9 Å². The van der Waals surface area contributed by atoms with Crippen molar-refractivity contribution < 1.29 is 9.21 Å². The average molecular weight is 374 g/mol. The first-order valence-electron chi connectivity index (χ1n) is 7.99. The number of furan rings is 1. The van der Waals surface area contributed by atoms with E-state index < -0.39 is 0 Å². The predicted octanol–water partition coefficient (Wildman–Crippen LogP) is 5.03. The Morgan fingerprint density at radius 2 is 1.96 bits per heavy atom. The summed E-state index contributed by atoms with van der Waals surface area (Å²) >= 11 is 3.42. The lowest BCUT2D eigenvalue weighted by atomic mass is 10.1. The Kier molecular flexibility index (Phi) is 5.34. The number of carbonyl (C=O) groups excluding carboxylic acids is 1. The van der Waals surface area contributed by atoms with Gasteiger partial charge in [0.1, 0.15) is 5.76 Å². The molecule has 1 aromatic carbocycles. The van der Waals surface area contributed by atoms with Crippen molar-refractivity contribution in [3.8, 4) is 0 Å². The van der Waals surface area contributed by atoms with E-state index in [1.807, 2.05) is 47.4 Å². The smallest absolute Gasteiger partial charge is 0.247 e. The summed E-state index contributed by atoms with van der Waals surface area (Å²) < 4.78 is 6.46. The molecule has 3 rings (SSSR count). The normalized spacial score (nSPS) is 15.3. The molecule has 1 fully saturated rings. The topological polar surface area (TPSA) is 33.5 Å². The third-order valence-electron chi connectivity index (χ3n) is 4.24. The second-order valence-corrected chi connectivity index (χ2v) is 6.78. The molecule has 1 saturated carbocycles. The third kappa shape index (κ3) is 4.35. The van der Waals surface area contributed by atoms with Gasteiger partial charge in [-0.05, 0) is 48.7 Å². The van der Waals surface area contributed by atoms with Gasteiger partial charge in [0.25, 0.3) is 0 Å². The molecule has 0 spiro atoms. The van der Waals surface area contributed by atoms with Crippen molar-refractivity contribution >= 4 is 27.9 Å². The fourth-order valence-electron chi connectivity index (χ4n) is 3.01. The lowest BCUT2D eigenvalue weighted by molar-refractivity contribution is -0.129. The van der Waals surface area contributed by atoms with Gasteiger partial charge in [-0.3, -0.25) is 4.79 Å². The molecule has 0 N–H and O–H groups in total. The van der Waals surface area contributed by atoms with Crippen molar-refractivity contribution in [2.75, 3.05) is 0 Å². The van der Waals surface area contributed by atoms with Crippen LogP contribution in [0.4, 0.5) is 0 Å². The molecule has 2 aromatic rings. The Bertz CT molecular complexity index is 655. The van der Waals surface area contributed by atoms with Crippen LogP contribution in [0.15, 0.2) is 57.6 Å². The number of nitrogens with zero attached hydrogens (tertiary/aromatic N) is 1. The first-order valence-corrected chi connectivity index (χ1v) is 8.78. The van der Waals surface area contributed by atoms with Crippen LogP contribution in [-0.4, -0.2) is 16.8 Å². The fourth-order valence-corrected chi connectivity index (χ4v) is 3.27. The van der Waals surface area contributed by atoms with E-state index in [0.717, 1.165) is 28.6 Å². The van der Waals surface area contributed by atoms with Gasteiger partial charge in [-0.1, -0.05) is 40.9 Å². The summed E-state index contributed by atoms with van der Waals surface area (Å²) in [5.41, 5.74) is 1.02. The fraction of sp³-hybridized carbons (Fsp3) is 0.316. The maximum absolute atomic E-state index is 12.7. The number of halogens is 1. The van der Waals surface area contributed by atoms with Gasteiger partial charge in [0.2, 0.25) is 5.91 Å². The van der Waals surface area contributed by atoms with Crippen LogP contribution in [-0.2, 0) is 11.3 Å². The number of carbonyl (C=O) groups is 1. The van der Waals surface area contributed by atoms with E-state index in [4.69, 9.17) is 4.42 Å². The van der Waals surface area contributed by atoms with Gasteiger partial charge in [-0.15, -0.1) is 0 Å². The number of hydrogen-bond acceptors (Lipinski definition) is 2. The Morgan fingerprint density at radius 3 is 2.61 bits per heavy atom. The molecular formula is C19H20BrNO2. The summed E-state index contributed by atoms with van der Waals surface area (Å²) in [4.78, 5) is 14.6. The predicted molar refractivity (Wildman–Crippen MR) is 94.7 cm³/mol. The lowest BCUT2D eigenvalue weighted by Gasteiger charge is -2.27. The molecular weight excluding hydrogens is 354 g/mol. The van der Waals surface area contributed by atoms with E-state index in [-0.39, 0.29) is 5.91 Å². The van der Waals surface area contributed by atoms with Crippen molar-refractivity contribution in [3.63, 3.8) is 0 Å². The number of amides is 1. The van der Waals surface area contributed by atoms with Crippen molar-refractivity contribution in [1.29, 1.82) is 0 Å². The van der Waals surface area contributed by atoms with Gasteiger partial charge in [0.05, 0.1) is 12.8 Å². The average Bonchev–Trinajstić information content (AvgIpc) is 3.25. The highest BCUT2D eigenvalue weighted by Crippen LogP contribution is 2.25. The second-order valence-electron chi connectivity index (χ2n) is 5.87. The van der Waals surface area contributed by atoms with Crippen molar-refractivity contribution in [1.82, 2.24) is 4.90 Å². The minimum absolute atomic E-state index is 0.0521. The van der Waals surface area contributed by atoms with Crippen LogP contribution < -0.4 is 0 Å². The van der Waals surface area contributed by atoms with Crippen molar-refractivity contribution in [3.05, 3.63) is 64.5 Å². The van der Waals surface area contributed by atoms with Gasteiger partial charge in [0.15, 0.2) is 0 Å². The Balaban J connectivity index is 1.72. The summed E-state index contributed by atoms with van der Waals surface area (Å²) in [5, 5.41) is 0. The van der Waals surface area contributed by atoms with Gasteiger partial charge in [-0.25, -0.2) is 0 Å². The van der Waals surface area contributed by atoms with Crippen molar-refractivity contribution in [2.45, 2.75) is 38.3 Å². The van der Waals surface area contributed by atoms with Crippen LogP contribution in [0.3, 0.4) is 0 Å². The van der Waals surface area contributed by atoms with E-state index in [1.54, 1.807) is 12.3 Å². The Hall–Kier alpha value is -1.81. The summed E-state index contributed by atoms with van der Waals surface area (Å²) in [6.07, 6.45) is 9.76. The molecule has 1 heterocycles. The summed E-state index contributed by atoms with van der Waals surface area (Å²) in [5.74, 6) is 0.888. The van der Waals surface area contributed by atoms with E-state index >= 15 is 0 Å². The lowest BCUT2D eigenvalue weighted by Crippen LogP contribution is -2.37. The molecule has 120 valence electrons. The summed E-state index contributed by atoms with van der Waals surface area (Å²) in [7, 11) is 0. The minimum Gasteiger partial charge on any atom is -0.467 e. The quantitative estimate of drug-likeness (QED) is 0.688. The standard InChI is InChI=1S/C19H20BrNO2/c20-16-10-7-15(8-11-16)9-12-19(22)21(17-4-1-2-5-17)14-18-6-3-13-23-18/h3,6-13,17H,1-2,4-5,14H2/b12-9-. The molecule has 0 saturated heterocycles. The van der Waals surface area contributed by atoms with E-state index in [1.165, 1.54) is 12.8 Å². The van der Waals surface area contributed by atoms with Gasteiger partial charge in [0, 0.05) is 16.6 Å². The zero-order valence-electron chi connectivity index (χ0n) is 13.0. The zero-order chi connectivity index (χ0) is 16.1. The van der Waals surface area contributed by atoms with Gasteiger partial charge in [-0.2, -0.15) is 0 Å². The molecule has 0 unspecified atom stereocenters. The summed E-state index contributed by atoms with van der Waals surface area (Å²) in [6.45, 7) is 0.543. The van der Waals surface area contributed by atoms with Crippen LogP contribution >= 0.6 is 15.9 Å². The molecule has 0 aliphatic heterocycles. The van der Waals surface area contributed by atoms with Crippen LogP contribution in [0, 0.1) is 0 Å². The third-order valence-corrected chi connectivity index (χ3v) is 4.77. The van der Waals surface area contributed by atoms with E-state index in [9.17, 15) is 4.79 Å². The maximum atomic E-state index is 12.7. The molecule has 1 aliphatic rings. The van der Waals surface area contributed by atoms with Crippen molar-refractivity contribution in [2.24, 2.45) is 0 Å². The molecule has 23 heavy (non-hydrogen) atoms. The monoisotopic (exact) mass is 373 g/mol. The van der Waals surface area contributed by atoms with E-state index in [0.29, 0.717) is 12.6 Å². The molecule has 1 aliphatic carbocycles. The first-order chi connectivity index (χ1) is 11.2. The summed E-state index contributed by atoms with van der Waals surface area (Å²) in [6, 6.07) is 12.0. The highest BCUT2D eigenvalue weighted by molar-refractivity contribution is 9.10. The molecule has 4 heteroatoms. The van der Waals surface area contributed by atoms with Gasteiger partial charge >= 0.3 is 0 Å². The number of hydrogen-bond donors (Lipinski definition) is 0. The highest BCUT2D eigenvalue weighted by Gasteiger charge is 2.26. The van der Waals surface area contributed by atoms with Gasteiger partial charge < -0.3 is 9.32 Å². The second kappa shape index (κ2) is 7.64. The Labute approximate surface area is 145 Å². The largest absolute Gasteiger partial charge is 0.467 e.